The third-order valence-electron chi connectivity index (χ3n) is 6.24. The molecule has 3 aromatic rings. The summed E-state index contributed by atoms with van der Waals surface area (Å²) >= 11 is 0. The third kappa shape index (κ3) is 3.30. The third-order valence-corrected chi connectivity index (χ3v) is 6.24. The highest BCUT2D eigenvalue weighted by Crippen LogP contribution is 2.54. The maximum absolute atomic E-state index is 13.3. The lowest BCUT2D eigenvalue weighted by Gasteiger charge is -2.62. The monoisotopic (exact) mass is 419 g/mol. The van der Waals surface area contributed by atoms with Gasteiger partial charge in [0.1, 0.15) is 18.2 Å². The van der Waals surface area contributed by atoms with Gasteiger partial charge in [0.05, 0.1) is 12.4 Å². The van der Waals surface area contributed by atoms with Crippen molar-refractivity contribution in [2.24, 2.45) is 5.92 Å². The van der Waals surface area contributed by atoms with Gasteiger partial charge < -0.3 is 10.2 Å². The highest BCUT2D eigenvalue weighted by molar-refractivity contribution is 5.92. The van der Waals surface area contributed by atoms with Crippen LogP contribution in [0, 0.1) is 18.7 Å². The van der Waals surface area contributed by atoms with Gasteiger partial charge in [-0.2, -0.15) is 0 Å². The van der Waals surface area contributed by atoms with Crippen LogP contribution in [-0.4, -0.2) is 41.9 Å². The van der Waals surface area contributed by atoms with Crippen LogP contribution in [0.1, 0.15) is 37.6 Å². The summed E-state index contributed by atoms with van der Waals surface area (Å²) < 4.78 is 13.2. The van der Waals surface area contributed by atoms with Crippen LogP contribution in [0.3, 0.4) is 0 Å². The van der Waals surface area contributed by atoms with E-state index in [1.165, 1.54) is 12.7 Å². The molecule has 2 aliphatic heterocycles. The molecule has 3 atom stereocenters. The maximum atomic E-state index is 13.3. The van der Waals surface area contributed by atoms with Crippen LogP contribution in [0.25, 0.3) is 11.4 Å². The molecule has 31 heavy (non-hydrogen) atoms. The van der Waals surface area contributed by atoms with Crippen molar-refractivity contribution in [3.8, 4) is 11.4 Å². The Morgan fingerprint density at radius 1 is 1.16 bits per heavy atom. The summed E-state index contributed by atoms with van der Waals surface area (Å²) in [5, 5.41) is 3.02. The number of urea groups is 1. The van der Waals surface area contributed by atoms with E-state index in [0.29, 0.717) is 23.3 Å². The molecule has 2 fully saturated rings. The smallest absolute Gasteiger partial charge is 0.308 e. The Kier molecular flexibility index (Phi) is 4.60. The number of fused-ring (bicyclic) bond motifs is 2. The molecule has 1 N–H and O–H groups in total. The molecule has 4 heterocycles. The molecule has 2 aliphatic rings. The van der Waals surface area contributed by atoms with Gasteiger partial charge in [0, 0.05) is 17.3 Å². The first kappa shape index (κ1) is 19.5. The summed E-state index contributed by atoms with van der Waals surface area (Å²) in [6.45, 7) is 4.12. The molecule has 8 nitrogen and oxygen atoms in total. The lowest BCUT2D eigenvalue weighted by Crippen LogP contribution is -2.70. The fraction of sp³-hybridized carbons (Fsp3) is 0.364. The second kappa shape index (κ2) is 7.33. The van der Waals surface area contributed by atoms with E-state index in [-0.39, 0.29) is 12.1 Å². The fourth-order valence-electron chi connectivity index (χ4n) is 5.02. The number of halogens is 1. The quantitative estimate of drug-likeness (QED) is 0.695. The maximum Gasteiger partial charge on any atom is 0.322 e. The standard InChI is InChI=1S/C22H22FN7O/c1-13-5-17-8-22(7-13,20-27-11-24-12-28-20)30(17)21(31)29-16-4-3-14(2)18(6-16)19-25-9-15(23)10-26-19/h3-4,6,9-13,17H,5,7-8H2,1-2H3,(H,29,31)/t13-,17-,22+/m0/s1. The Hall–Kier alpha value is -3.49. The minimum absolute atomic E-state index is 0.158. The zero-order valence-corrected chi connectivity index (χ0v) is 17.3. The van der Waals surface area contributed by atoms with Gasteiger partial charge in [-0.25, -0.2) is 34.1 Å². The number of hydrogen-bond acceptors (Lipinski definition) is 6. The van der Waals surface area contributed by atoms with Crippen LogP contribution in [0.2, 0.25) is 0 Å². The molecule has 0 unspecified atom stereocenters. The van der Waals surface area contributed by atoms with Gasteiger partial charge >= 0.3 is 6.03 Å². The van der Waals surface area contributed by atoms with Gasteiger partial charge in [0.2, 0.25) is 0 Å². The SMILES string of the molecule is Cc1ccc(NC(=O)N2[C@H]3C[C@H](C)C[C@]2(c2ncncn2)C3)cc1-c1ncc(F)cn1. The van der Waals surface area contributed by atoms with Gasteiger partial charge in [-0.05, 0) is 49.8 Å². The average molecular weight is 419 g/mol. The van der Waals surface area contributed by atoms with Crippen molar-refractivity contribution in [3.05, 3.63) is 60.5 Å². The van der Waals surface area contributed by atoms with Gasteiger partial charge in [0.25, 0.3) is 0 Å². The number of carbonyl (C=O) groups is 1. The molecule has 158 valence electrons. The first-order valence-electron chi connectivity index (χ1n) is 10.3. The molecule has 2 aromatic heterocycles. The van der Waals surface area contributed by atoms with Crippen molar-refractivity contribution in [2.75, 3.05) is 5.32 Å². The van der Waals surface area contributed by atoms with Crippen molar-refractivity contribution < 1.29 is 9.18 Å². The minimum Gasteiger partial charge on any atom is -0.308 e. The molecule has 2 amide bonds. The number of aryl methyl sites for hydroxylation is 1. The van der Waals surface area contributed by atoms with Crippen LogP contribution in [0.5, 0.6) is 0 Å². The van der Waals surface area contributed by atoms with E-state index in [4.69, 9.17) is 0 Å². The molecule has 0 saturated carbocycles. The van der Waals surface area contributed by atoms with E-state index in [9.17, 15) is 9.18 Å². The first-order chi connectivity index (χ1) is 15.0. The van der Waals surface area contributed by atoms with Crippen molar-refractivity contribution in [3.63, 3.8) is 0 Å². The van der Waals surface area contributed by atoms with E-state index in [0.717, 1.165) is 42.8 Å². The number of benzene rings is 1. The lowest BCUT2D eigenvalue weighted by atomic mass is 9.64. The number of aromatic nitrogens is 5. The van der Waals surface area contributed by atoms with E-state index in [1.54, 1.807) is 0 Å². The Labute approximate surface area is 179 Å². The molecule has 9 heteroatoms. The van der Waals surface area contributed by atoms with Crippen molar-refractivity contribution in [2.45, 2.75) is 44.7 Å². The number of nitrogens with one attached hydrogen (secondary N) is 1. The number of amides is 2. The topological polar surface area (TPSA) is 96.8 Å². The van der Waals surface area contributed by atoms with Gasteiger partial charge in [-0.3, -0.25) is 0 Å². The number of rotatable bonds is 3. The Bertz CT molecular complexity index is 1120. The lowest BCUT2D eigenvalue weighted by molar-refractivity contribution is -0.100. The van der Waals surface area contributed by atoms with E-state index in [1.807, 2.05) is 30.0 Å². The molecule has 5 rings (SSSR count). The Morgan fingerprint density at radius 3 is 2.65 bits per heavy atom. The Morgan fingerprint density at radius 2 is 1.90 bits per heavy atom. The van der Waals surface area contributed by atoms with Crippen molar-refractivity contribution in [1.82, 2.24) is 29.8 Å². The highest BCUT2D eigenvalue weighted by atomic mass is 19.1. The molecule has 1 aromatic carbocycles. The summed E-state index contributed by atoms with van der Waals surface area (Å²) in [6, 6.07) is 5.52. The fourth-order valence-corrected chi connectivity index (χ4v) is 5.02. The van der Waals surface area contributed by atoms with E-state index < -0.39 is 11.4 Å². The van der Waals surface area contributed by atoms with Crippen LogP contribution in [0.15, 0.2) is 43.2 Å². The Balaban J connectivity index is 1.42. The van der Waals surface area contributed by atoms with Gasteiger partial charge in [0.15, 0.2) is 17.5 Å². The molecular weight excluding hydrogens is 397 g/mol. The highest BCUT2D eigenvalue weighted by Gasteiger charge is 2.60. The number of anilines is 1. The van der Waals surface area contributed by atoms with Gasteiger partial charge in [-0.1, -0.05) is 13.0 Å². The summed E-state index contributed by atoms with van der Waals surface area (Å²) in [7, 11) is 0. The predicted molar refractivity (Wildman–Crippen MR) is 111 cm³/mol. The summed E-state index contributed by atoms with van der Waals surface area (Å²) in [4.78, 5) is 36.0. The number of carbonyl (C=O) groups excluding carboxylic acids is 1. The largest absolute Gasteiger partial charge is 0.322 e. The zero-order valence-electron chi connectivity index (χ0n) is 17.3. The molecule has 0 radical (unpaired) electrons. The number of nitrogens with zero attached hydrogens (tertiary/aromatic N) is 6. The molecular formula is C22H22FN7O. The average Bonchev–Trinajstić information content (AvgIpc) is 2.76. The van der Waals surface area contributed by atoms with E-state index >= 15 is 0 Å². The number of hydrogen-bond donors (Lipinski definition) is 1. The van der Waals surface area contributed by atoms with Crippen LogP contribution < -0.4 is 5.32 Å². The van der Waals surface area contributed by atoms with Crippen LogP contribution >= 0.6 is 0 Å². The predicted octanol–water partition coefficient (Wildman–Crippen LogP) is 3.71. The van der Waals surface area contributed by atoms with E-state index in [2.05, 4.69) is 37.2 Å². The zero-order chi connectivity index (χ0) is 21.6. The summed E-state index contributed by atoms with van der Waals surface area (Å²) in [5.74, 6) is 1.05. The summed E-state index contributed by atoms with van der Waals surface area (Å²) in [6.07, 6.45) is 7.87. The second-order valence-electron chi connectivity index (χ2n) is 8.45. The first-order valence-corrected chi connectivity index (χ1v) is 10.3. The number of piperidine rings is 1. The second-order valence-corrected chi connectivity index (χ2v) is 8.45. The minimum atomic E-state index is -0.497. The summed E-state index contributed by atoms with van der Waals surface area (Å²) in [5.41, 5.74) is 1.80. The normalized spacial score (nSPS) is 24.4. The van der Waals surface area contributed by atoms with Crippen molar-refractivity contribution in [1.29, 1.82) is 0 Å². The van der Waals surface area contributed by atoms with Gasteiger partial charge in [-0.15, -0.1) is 0 Å². The molecule has 0 spiro atoms. The van der Waals surface area contributed by atoms with Crippen LogP contribution in [-0.2, 0) is 5.54 Å². The molecule has 2 saturated heterocycles. The van der Waals surface area contributed by atoms with Crippen LogP contribution in [0.4, 0.5) is 14.9 Å². The van der Waals surface area contributed by atoms with Crippen molar-refractivity contribution >= 4 is 11.7 Å². The molecule has 2 bridgehead atoms. The molecule has 0 aliphatic carbocycles.